The van der Waals surface area contributed by atoms with Gasteiger partial charge in [0.1, 0.15) is 11.5 Å². The summed E-state index contributed by atoms with van der Waals surface area (Å²) in [7, 11) is 0. The van der Waals surface area contributed by atoms with Crippen LogP contribution < -0.4 is 0 Å². The van der Waals surface area contributed by atoms with Crippen molar-refractivity contribution in [1.82, 2.24) is 14.4 Å². The minimum atomic E-state index is -0.447. The van der Waals surface area contributed by atoms with E-state index in [2.05, 4.69) is 9.97 Å². The molecule has 0 N–H and O–H groups in total. The highest BCUT2D eigenvalue weighted by atomic mass is 35.5. The molecule has 0 fully saturated rings. The minimum Gasteiger partial charge on any atom is -0.463 e. The van der Waals surface area contributed by atoms with Crippen LogP contribution in [0.4, 0.5) is 4.39 Å². The van der Waals surface area contributed by atoms with Crippen molar-refractivity contribution in [3.63, 3.8) is 0 Å². The van der Waals surface area contributed by atoms with Gasteiger partial charge in [0.05, 0.1) is 29.4 Å². The molecule has 4 rings (SSSR count). The zero-order chi connectivity index (χ0) is 15.1. The quantitative estimate of drug-likeness (QED) is 0.549. The van der Waals surface area contributed by atoms with E-state index >= 15 is 0 Å². The Morgan fingerprint density at radius 3 is 2.82 bits per heavy atom. The predicted molar refractivity (Wildman–Crippen MR) is 81.1 cm³/mol. The fraction of sp³-hybridized carbons (Fsp3) is 0. The second-order valence-corrected chi connectivity index (χ2v) is 5.16. The van der Waals surface area contributed by atoms with Gasteiger partial charge in [0.2, 0.25) is 0 Å². The number of hydrogen-bond acceptors (Lipinski definition) is 3. The van der Waals surface area contributed by atoms with Crippen LogP contribution in [0.25, 0.3) is 28.4 Å². The molecule has 0 aliphatic heterocycles. The molecule has 0 saturated carbocycles. The first-order chi connectivity index (χ1) is 10.7. The van der Waals surface area contributed by atoms with E-state index in [0.717, 1.165) is 11.3 Å². The molecule has 0 unspecified atom stereocenters. The Morgan fingerprint density at radius 1 is 1.14 bits per heavy atom. The average Bonchev–Trinajstić information content (AvgIpc) is 3.18. The molecule has 3 aromatic heterocycles. The van der Waals surface area contributed by atoms with E-state index in [1.165, 1.54) is 6.07 Å². The Balaban J connectivity index is 1.91. The highest BCUT2D eigenvalue weighted by Gasteiger charge is 2.11. The standard InChI is InChI=1S/C16H9ClFN3O/c17-11-6-10(3-4-12(11)18)14-7-20-16-8-19-13(9-21(14)16)15-2-1-5-22-15/h1-9H. The van der Waals surface area contributed by atoms with Crippen molar-refractivity contribution >= 4 is 17.2 Å². The number of halogens is 2. The molecule has 0 bridgehead atoms. The van der Waals surface area contributed by atoms with Crippen LogP contribution in [0.5, 0.6) is 0 Å². The maximum atomic E-state index is 13.3. The molecule has 3 heterocycles. The molecule has 1 aromatic carbocycles. The van der Waals surface area contributed by atoms with Gasteiger partial charge in [-0.25, -0.2) is 14.4 Å². The molecule has 4 nitrogen and oxygen atoms in total. The van der Waals surface area contributed by atoms with Crippen molar-refractivity contribution in [3.05, 3.63) is 66.0 Å². The van der Waals surface area contributed by atoms with Gasteiger partial charge in [-0.3, -0.25) is 4.40 Å². The minimum absolute atomic E-state index is 0.0766. The summed E-state index contributed by atoms with van der Waals surface area (Å²) in [4.78, 5) is 8.63. The zero-order valence-electron chi connectivity index (χ0n) is 11.2. The van der Waals surface area contributed by atoms with Crippen LogP contribution in [0.1, 0.15) is 0 Å². The molecule has 22 heavy (non-hydrogen) atoms. The summed E-state index contributed by atoms with van der Waals surface area (Å²) in [6.45, 7) is 0. The number of imidazole rings is 1. The van der Waals surface area contributed by atoms with E-state index in [1.807, 2.05) is 16.7 Å². The van der Waals surface area contributed by atoms with Gasteiger partial charge in [0, 0.05) is 11.8 Å². The summed E-state index contributed by atoms with van der Waals surface area (Å²) >= 11 is 5.86. The van der Waals surface area contributed by atoms with Gasteiger partial charge in [-0.1, -0.05) is 11.6 Å². The van der Waals surface area contributed by atoms with Crippen molar-refractivity contribution in [2.75, 3.05) is 0 Å². The van der Waals surface area contributed by atoms with E-state index in [-0.39, 0.29) is 5.02 Å². The van der Waals surface area contributed by atoms with Gasteiger partial charge < -0.3 is 4.42 Å². The third-order valence-corrected chi connectivity index (χ3v) is 3.67. The van der Waals surface area contributed by atoms with Crippen LogP contribution >= 0.6 is 11.6 Å². The van der Waals surface area contributed by atoms with Crippen molar-refractivity contribution in [2.24, 2.45) is 0 Å². The summed E-state index contributed by atoms with van der Waals surface area (Å²) < 4.78 is 20.6. The molecule has 0 aliphatic carbocycles. The first-order valence-corrected chi connectivity index (χ1v) is 6.92. The first-order valence-electron chi connectivity index (χ1n) is 6.55. The molecule has 0 saturated heterocycles. The molecule has 0 radical (unpaired) electrons. The number of fused-ring (bicyclic) bond motifs is 1. The van der Waals surface area contributed by atoms with Gasteiger partial charge in [-0.05, 0) is 30.3 Å². The van der Waals surface area contributed by atoms with Crippen LogP contribution in [0.2, 0.25) is 5.02 Å². The zero-order valence-corrected chi connectivity index (χ0v) is 12.0. The maximum Gasteiger partial charge on any atom is 0.155 e. The fourth-order valence-corrected chi connectivity index (χ4v) is 2.49. The van der Waals surface area contributed by atoms with E-state index in [1.54, 1.807) is 36.9 Å². The lowest BCUT2D eigenvalue weighted by Gasteiger charge is -2.04. The Kier molecular flexibility index (Phi) is 2.94. The van der Waals surface area contributed by atoms with Gasteiger partial charge in [-0.2, -0.15) is 0 Å². The summed E-state index contributed by atoms with van der Waals surface area (Å²) in [6.07, 6.45) is 6.78. The molecule has 108 valence electrons. The SMILES string of the molecule is Fc1ccc(-c2cnc3cnc(-c4ccco4)cn23)cc1Cl. The van der Waals surface area contributed by atoms with Crippen molar-refractivity contribution in [2.45, 2.75) is 0 Å². The summed E-state index contributed by atoms with van der Waals surface area (Å²) in [5, 5.41) is 0.0766. The molecule has 4 aromatic rings. The number of furan rings is 1. The van der Waals surface area contributed by atoms with Gasteiger partial charge in [-0.15, -0.1) is 0 Å². The normalized spacial score (nSPS) is 11.2. The first kappa shape index (κ1) is 13.0. The van der Waals surface area contributed by atoms with Crippen LogP contribution in [-0.4, -0.2) is 14.4 Å². The predicted octanol–water partition coefficient (Wildman–Crippen LogP) is 4.45. The number of benzene rings is 1. The smallest absolute Gasteiger partial charge is 0.155 e. The highest BCUT2D eigenvalue weighted by Crippen LogP contribution is 2.27. The summed E-state index contributed by atoms with van der Waals surface area (Å²) in [5.41, 5.74) is 2.94. The van der Waals surface area contributed by atoms with Gasteiger partial charge in [0.15, 0.2) is 11.4 Å². The molecular formula is C16H9ClFN3O. The second kappa shape index (κ2) is 4.96. The third-order valence-electron chi connectivity index (χ3n) is 3.38. The summed E-state index contributed by atoms with van der Waals surface area (Å²) in [5.74, 6) is 0.218. The second-order valence-electron chi connectivity index (χ2n) is 4.75. The van der Waals surface area contributed by atoms with Crippen molar-refractivity contribution in [3.8, 4) is 22.7 Å². The highest BCUT2D eigenvalue weighted by molar-refractivity contribution is 6.31. The van der Waals surface area contributed by atoms with Gasteiger partial charge >= 0.3 is 0 Å². The molecule has 6 heteroatoms. The van der Waals surface area contributed by atoms with Crippen LogP contribution in [0.15, 0.2) is 59.6 Å². The Morgan fingerprint density at radius 2 is 2.05 bits per heavy atom. The monoisotopic (exact) mass is 313 g/mol. The van der Waals surface area contributed by atoms with E-state index < -0.39 is 5.82 Å². The van der Waals surface area contributed by atoms with E-state index in [4.69, 9.17) is 16.0 Å². The van der Waals surface area contributed by atoms with Gasteiger partial charge in [0.25, 0.3) is 0 Å². The molecule has 0 amide bonds. The molecule has 0 aliphatic rings. The molecule has 0 atom stereocenters. The Hall–Kier alpha value is -2.66. The van der Waals surface area contributed by atoms with Crippen molar-refractivity contribution in [1.29, 1.82) is 0 Å². The number of nitrogens with zero attached hydrogens (tertiary/aromatic N) is 3. The lowest BCUT2D eigenvalue weighted by atomic mass is 10.1. The number of hydrogen-bond donors (Lipinski definition) is 0. The summed E-state index contributed by atoms with van der Waals surface area (Å²) in [6, 6.07) is 8.21. The Labute approximate surface area is 129 Å². The van der Waals surface area contributed by atoms with E-state index in [0.29, 0.717) is 17.1 Å². The average molecular weight is 314 g/mol. The lowest BCUT2D eigenvalue weighted by Crippen LogP contribution is -1.92. The lowest BCUT2D eigenvalue weighted by molar-refractivity contribution is 0.579. The van der Waals surface area contributed by atoms with Crippen LogP contribution in [0.3, 0.4) is 0 Å². The largest absolute Gasteiger partial charge is 0.463 e. The topological polar surface area (TPSA) is 43.3 Å². The van der Waals surface area contributed by atoms with E-state index in [9.17, 15) is 4.39 Å². The Bertz CT molecular complexity index is 963. The molecular weight excluding hydrogens is 305 g/mol. The van der Waals surface area contributed by atoms with Crippen molar-refractivity contribution < 1.29 is 8.81 Å². The molecule has 0 spiro atoms. The maximum absolute atomic E-state index is 13.3. The number of rotatable bonds is 2. The number of aromatic nitrogens is 3. The fourth-order valence-electron chi connectivity index (χ4n) is 2.31. The van der Waals surface area contributed by atoms with Crippen LogP contribution in [0, 0.1) is 5.82 Å². The van der Waals surface area contributed by atoms with Crippen LogP contribution in [-0.2, 0) is 0 Å². The third kappa shape index (κ3) is 2.07.